The van der Waals surface area contributed by atoms with Crippen LogP contribution in [0.5, 0.6) is 5.75 Å². The highest BCUT2D eigenvalue weighted by Crippen LogP contribution is 2.14. The average molecular weight is 287 g/mol. The lowest BCUT2D eigenvalue weighted by Gasteiger charge is -2.12. The highest BCUT2D eigenvalue weighted by Gasteiger charge is 2.07. The second-order valence-corrected chi connectivity index (χ2v) is 5.10. The number of nitrogens with zero attached hydrogens (tertiary/aromatic N) is 2. The van der Waals surface area contributed by atoms with Gasteiger partial charge in [0, 0.05) is 19.3 Å². The molecule has 1 N–H and O–H groups in total. The predicted molar refractivity (Wildman–Crippen MR) is 85.5 cm³/mol. The molecule has 0 aliphatic rings. The molecule has 0 unspecified atom stereocenters. The van der Waals surface area contributed by atoms with Gasteiger partial charge >= 0.3 is 0 Å². The van der Waals surface area contributed by atoms with Crippen molar-refractivity contribution in [3.63, 3.8) is 0 Å². The molecule has 4 heteroatoms. The lowest BCUT2D eigenvalue weighted by molar-refractivity contribution is 0.313. The summed E-state index contributed by atoms with van der Waals surface area (Å²) in [4.78, 5) is 0. The van der Waals surface area contributed by atoms with E-state index < -0.39 is 0 Å². The number of ether oxygens (including phenoxy) is 1. The van der Waals surface area contributed by atoms with Crippen LogP contribution in [0.3, 0.4) is 0 Å². The maximum absolute atomic E-state index is 5.63. The molecule has 0 saturated heterocycles. The molecule has 0 radical (unpaired) electrons. The Balaban J connectivity index is 1.67. The summed E-state index contributed by atoms with van der Waals surface area (Å²) in [5.74, 6) is 0.914. The summed E-state index contributed by atoms with van der Waals surface area (Å²) < 4.78 is 7.71. The lowest BCUT2D eigenvalue weighted by Crippen LogP contribution is -2.21. The Morgan fingerprint density at radius 3 is 2.62 bits per heavy atom. The molecule has 2 rings (SSSR count). The molecule has 0 bridgehead atoms. The molecular weight excluding hydrogens is 262 g/mol. The minimum atomic E-state index is 0.514. The molecule has 4 nitrogen and oxygen atoms in total. The molecule has 0 atom stereocenters. The lowest BCUT2D eigenvalue weighted by atomic mass is 10.2. The van der Waals surface area contributed by atoms with Crippen LogP contribution in [0.1, 0.15) is 38.4 Å². The van der Waals surface area contributed by atoms with Gasteiger partial charge in [-0.25, -0.2) is 0 Å². The highest BCUT2D eigenvalue weighted by atomic mass is 16.5. The third-order valence-electron chi connectivity index (χ3n) is 3.58. The maximum atomic E-state index is 5.63. The monoisotopic (exact) mass is 287 g/mol. The van der Waals surface area contributed by atoms with Gasteiger partial charge in [0.1, 0.15) is 12.4 Å². The van der Waals surface area contributed by atoms with E-state index >= 15 is 0 Å². The number of benzene rings is 1. The molecular formula is C17H25N3O. The number of hydrogen-bond acceptors (Lipinski definition) is 3. The zero-order valence-corrected chi connectivity index (χ0v) is 13.0. The van der Waals surface area contributed by atoms with Crippen LogP contribution in [0.2, 0.25) is 0 Å². The van der Waals surface area contributed by atoms with Gasteiger partial charge in [-0.15, -0.1) is 0 Å². The summed E-state index contributed by atoms with van der Waals surface area (Å²) in [5.41, 5.74) is 1.08. The third kappa shape index (κ3) is 4.90. The van der Waals surface area contributed by atoms with Crippen molar-refractivity contribution in [1.29, 1.82) is 0 Å². The van der Waals surface area contributed by atoms with Gasteiger partial charge in [-0.05, 0) is 31.0 Å². The summed E-state index contributed by atoms with van der Waals surface area (Å²) in [7, 11) is 0. The molecule has 0 aliphatic carbocycles. The van der Waals surface area contributed by atoms with Gasteiger partial charge in [-0.2, -0.15) is 5.10 Å². The largest absolute Gasteiger partial charge is 0.492 e. The second-order valence-electron chi connectivity index (χ2n) is 5.10. The van der Waals surface area contributed by atoms with Crippen molar-refractivity contribution in [1.82, 2.24) is 15.1 Å². The van der Waals surface area contributed by atoms with Crippen LogP contribution in [0, 0.1) is 0 Å². The van der Waals surface area contributed by atoms with Crippen molar-refractivity contribution in [3.8, 4) is 5.75 Å². The molecule has 0 saturated carbocycles. The third-order valence-corrected chi connectivity index (χ3v) is 3.58. The maximum Gasteiger partial charge on any atom is 0.119 e. The van der Waals surface area contributed by atoms with Crippen molar-refractivity contribution in [3.05, 3.63) is 48.3 Å². The minimum absolute atomic E-state index is 0.514. The minimum Gasteiger partial charge on any atom is -0.492 e. The van der Waals surface area contributed by atoms with Gasteiger partial charge in [0.05, 0.1) is 11.7 Å². The quantitative estimate of drug-likeness (QED) is 0.718. The summed E-state index contributed by atoms with van der Waals surface area (Å²) in [6.45, 7) is 6.67. The van der Waals surface area contributed by atoms with Crippen LogP contribution in [-0.4, -0.2) is 22.9 Å². The fraction of sp³-hybridized carbons (Fsp3) is 0.471. The van der Waals surface area contributed by atoms with E-state index in [9.17, 15) is 0 Å². The Bertz CT molecular complexity index is 506. The van der Waals surface area contributed by atoms with E-state index in [1.165, 1.54) is 0 Å². The number of rotatable bonds is 9. The van der Waals surface area contributed by atoms with E-state index in [4.69, 9.17) is 4.74 Å². The van der Waals surface area contributed by atoms with E-state index in [2.05, 4.69) is 41.2 Å². The second kappa shape index (κ2) is 8.47. The molecule has 1 heterocycles. The first-order valence-corrected chi connectivity index (χ1v) is 7.76. The van der Waals surface area contributed by atoms with E-state index in [0.29, 0.717) is 12.6 Å². The molecule has 0 amide bonds. The Morgan fingerprint density at radius 1 is 1.14 bits per heavy atom. The van der Waals surface area contributed by atoms with Gasteiger partial charge in [-0.1, -0.05) is 32.0 Å². The molecule has 0 spiro atoms. The Kier molecular flexibility index (Phi) is 6.28. The standard InChI is InChI=1S/C17H25N3O/c1-3-16(4-2)20-12-10-15(19-20)14-18-11-13-21-17-8-6-5-7-9-17/h5-10,12,16,18H,3-4,11,13-14H2,1-2H3. The number of para-hydroxylation sites is 1. The first kappa shape index (κ1) is 15.6. The Labute approximate surface area is 127 Å². The van der Waals surface area contributed by atoms with Gasteiger partial charge in [0.25, 0.3) is 0 Å². The van der Waals surface area contributed by atoms with Crippen molar-refractivity contribution in [2.24, 2.45) is 0 Å². The molecule has 2 aromatic rings. The van der Waals surface area contributed by atoms with Crippen LogP contribution in [-0.2, 0) is 6.54 Å². The van der Waals surface area contributed by atoms with E-state index in [-0.39, 0.29) is 0 Å². The van der Waals surface area contributed by atoms with Crippen LogP contribution >= 0.6 is 0 Å². The topological polar surface area (TPSA) is 39.1 Å². The van der Waals surface area contributed by atoms with Crippen LogP contribution < -0.4 is 10.1 Å². The average Bonchev–Trinajstić information content (AvgIpc) is 2.98. The van der Waals surface area contributed by atoms with E-state index in [1.807, 2.05) is 30.3 Å². The van der Waals surface area contributed by atoms with Crippen LogP contribution in [0.25, 0.3) is 0 Å². The highest BCUT2D eigenvalue weighted by molar-refractivity contribution is 5.20. The molecule has 114 valence electrons. The first-order valence-electron chi connectivity index (χ1n) is 7.76. The first-order chi connectivity index (χ1) is 10.3. The summed E-state index contributed by atoms with van der Waals surface area (Å²) in [5, 5.41) is 7.98. The van der Waals surface area contributed by atoms with Crippen LogP contribution in [0.4, 0.5) is 0 Å². The SMILES string of the molecule is CCC(CC)n1ccc(CNCCOc2ccccc2)n1. The molecule has 0 fully saturated rings. The van der Waals surface area contributed by atoms with E-state index in [1.54, 1.807) is 0 Å². The normalized spacial score (nSPS) is 11.0. The molecule has 1 aromatic carbocycles. The zero-order valence-electron chi connectivity index (χ0n) is 13.0. The number of hydrogen-bond donors (Lipinski definition) is 1. The van der Waals surface area contributed by atoms with Gasteiger partial charge in [0.15, 0.2) is 0 Å². The van der Waals surface area contributed by atoms with Gasteiger partial charge < -0.3 is 10.1 Å². The fourth-order valence-corrected chi connectivity index (χ4v) is 2.31. The number of nitrogens with one attached hydrogen (secondary N) is 1. The van der Waals surface area contributed by atoms with Crippen molar-refractivity contribution < 1.29 is 4.74 Å². The van der Waals surface area contributed by atoms with Crippen molar-refractivity contribution in [2.45, 2.75) is 39.3 Å². The van der Waals surface area contributed by atoms with E-state index in [0.717, 1.165) is 37.4 Å². The summed E-state index contributed by atoms with van der Waals surface area (Å²) in [6.07, 6.45) is 4.32. The van der Waals surface area contributed by atoms with Crippen molar-refractivity contribution >= 4 is 0 Å². The Morgan fingerprint density at radius 2 is 1.90 bits per heavy atom. The molecule has 1 aromatic heterocycles. The fourth-order valence-electron chi connectivity index (χ4n) is 2.31. The number of aromatic nitrogens is 2. The zero-order chi connectivity index (χ0) is 14.9. The van der Waals surface area contributed by atoms with Crippen LogP contribution in [0.15, 0.2) is 42.6 Å². The molecule has 0 aliphatic heterocycles. The predicted octanol–water partition coefficient (Wildman–Crippen LogP) is 3.41. The summed E-state index contributed by atoms with van der Waals surface area (Å²) in [6, 6.07) is 12.5. The van der Waals surface area contributed by atoms with Gasteiger partial charge in [0.2, 0.25) is 0 Å². The smallest absolute Gasteiger partial charge is 0.119 e. The van der Waals surface area contributed by atoms with Crippen molar-refractivity contribution in [2.75, 3.05) is 13.2 Å². The van der Waals surface area contributed by atoms with Gasteiger partial charge in [-0.3, -0.25) is 4.68 Å². The Hall–Kier alpha value is -1.81. The summed E-state index contributed by atoms with van der Waals surface area (Å²) >= 11 is 0. The molecule has 21 heavy (non-hydrogen) atoms.